The van der Waals surface area contributed by atoms with Crippen LogP contribution in [0.4, 0.5) is 5.69 Å². The largest absolute Gasteiger partial charge is 0.469 e. The van der Waals surface area contributed by atoms with Crippen LogP contribution in [0.15, 0.2) is 30.3 Å². The molecule has 0 saturated heterocycles. The van der Waals surface area contributed by atoms with E-state index in [4.69, 9.17) is 5.73 Å². The molecule has 1 aromatic carbocycles. The van der Waals surface area contributed by atoms with E-state index >= 15 is 0 Å². The minimum Gasteiger partial charge on any atom is -0.469 e. The summed E-state index contributed by atoms with van der Waals surface area (Å²) < 4.78 is 4.35. The molecule has 1 rings (SSSR count). The maximum absolute atomic E-state index is 10.2. The van der Waals surface area contributed by atoms with Crippen molar-refractivity contribution in [2.24, 2.45) is 0 Å². The van der Waals surface area contributed by atoms with Crippen LogP contribution in [0.2, 0.25) is 0 Å². The normalized spacial score (nSPS) is 8.43. The SMILES string of the molecule is CCCC(=O)OC.Nc1ccccc1. The molecule has 0 bridgehead atoms. The standard InChI is InChI=1S/C6H7N.C5H10O2/c7-6-4-2-1-3-5-6;1-3-4-5(6)7-2/h1-5H,7H2;3-4H2,1-2H3. The van der Waals surface area contributed by atoms with Gasteiger partial charge in [-0.25, -0.2) is 0 Å². The van der Waals surface area contributed by atoms with Gasteiger partial charge in [0.05, 0.1) is 7.11 Å². The summed E-state index contributed by atoms with van der Waals surface area (Å²) in [5.41, 5.74) is 6.18. The average molecular weight is 195 g/mol. The first-order valence-corrected chi connectivity index (χ1v) is 4.58. The van der Waals surface area contributed by atoms with Gasteiger partial charge in [0.25, 0.3) is 0 Å². The molecule has 0 saturated carbocycles. The summed E-state index contributed by atoms with van der Waals surface area (Å²) in [5.74, 6) is -0.123. The molecule has 0 atom stereocenters. The predicted octanol–water partition coefficient (Wildman–Crippen LogP) is 2.23. The Kier molecular flexibility index (Phi) is 7.23. The predicted molar refractivity (Wildman–Crippen MR) is 57.8 cm³/mol. The summed E-state index contributed by atoms with van der Waals surface area (Å²) in [7, 11) is 1.40. The van der Waals surface area contributed by atoms with Crippen molar-refractivity contribution in [2.75, 3.05) is 12.8 Å². The van der Waals surface area contributed by atoms with Crippen LogP contribution in [0.5, 0.6) is 0 Å². The Morgan fingerprint density at radius 2 is 1.93 bits per heavy atom. The highest BCUT2D eigenvalue weighted by atomic mass is 16.5. The van der Waals surface area contributed by atoms with E-state index in [0.717, 1.165) is 12.1 Å². The Bertz CT molecular complexity index is 247. The lowest BCUT2D eigenvalue weighted by atomic mass is 10.3. The van der Waals surface area contributed by atoms with Gasteiger partial charge < -0.3 is 10.5 Å². The Morgan fingerprint density at radius 1 is 1.36 bits per heavy atom. The van der Waals surface area contributed by atoms with Gasteiger partial charge in [0.15, 0.2) is 0 Å². The Hall–Kier alpha value is -1.51. The number of nitrogens with two attached hydrogens (primary N) is 1. The number of hydrogen-bond acceptors (Lipinski definition) is 3. The number of methoxy groups -OCH3 is 1. The van der Waals surface area contributed by atoms with Crippen molar-refractivity contribution in [3.63, 3.8) is 0 Å². The lowest BCUT2D eigenvalue weighted by molar-refractivity contribution is -0.140. The molecule has 0 heterocycles. The summed E-state index contributed by atoms with van der Waals surface area (Å²) in [6, 6.07) is 9.49. The molecule has 0 unspecified atom stereocenters. The number of ether oxygens (including phenoxy) is 1. The maximum Gasteiger partial charge on any atom is 0.305 e. The molecule has 0 amide bonds. The summed E-state index contributed by atoms with van der Waals surface area (Å²) in [6.07, 6.45) is 1.41. The van der Waals surface area contributed by atoms with E-state index in [-0.39, 0.29) is 5.97 Å². The third-order valence-electron chi connectivity index (χ3n) is 1.48. The minimum absolute atomic E-state index is 0.123. The molecular formula is C11H17NO2. The van der Waals surface area contributed by atoms with E-state index in [2.05, 4.69) is 4.74 Å². The van der Waals surface area contributed by atoms with Gasteiger partial charge in [0.1, 0.15) is 0 Å². The van der Waals surface area contributed by atoms with E-state index in [0.29, 0.717) is 6.42 Å². The highest BCUT2D eigenvalue weighted by molar-refractivity contribution is 5.68. The van der Waals surface area contributed by atoms with E-state index < -0.39 is 0 Å². The van der Waals surface area contributed by atoms with Crippen LogP contribution >= 0.6 is 0 Å². The molecule has 0 aromatic heterocycles. The first-order valence-electron chi connectivity index (χ1n) is 4.58. The molecule has 0 aliphatic rings. The van der Waals surface area contributed by atoms with Gasteiger partial charge in [-0.05, 0) is 18.6 Å². The van der Waals surface area contributed by atoms with Crippen LogP contribution in [0.1, 0.15) is 19.8 Å². The fraction of sp³-hybridized carbons (Fsp3) is 0.364. The van der Waals surface area contributed by atoms with Crippen molar-refractivity contribution in [3.05, 3.63) is 30.3 Å². The molecule has 1 aromatic rings. The number of anilines is 1. The molecule has 0 spiro atoms. The van der Waals surface area contributed by atoms with Gasteiger partial charge in [0, 0.05) is 12.1 Å². The number of para-hydroxylation sites is 1. The van der Waals surface area contributed by atoms with Gasteiger partial charge in [0.2, 0.25) is 0 Å². The quantitative estimate of drug-likeness (QED) is 0.581. The number of rotatable bonds is 2. The van der Waals surface area contributed by atoms with Crippen LogP contribution in [-0.4, -0.2) is 13.1 Å². The first kappa shape index (κ1) is 12.5. The Labute approximate surface area is 84.9 Å². The third kappa shape index (κ3) is 7.16. The highest BCUT2D eigenvalue weighted by Gasteiger charge is 1.92. The summed E-state index contributed by atoms with van der Waals surface area (Å²) in [5, 5.41) is 0. The van der Waals surface area contributed by atoms with Gasteiger partial charge >= 0.3 is 5.97 Å². The van der Waals surface area contributed by atoms with E-state index in [1.165, 1.54) is 7.11 Å². The van der Waals surface area contributed by atoms with E-state index in [1.807, 2.05) is 37.3 Å². The number of carbonyl (C=O) groups excluding carboxylic acids is 1. The van der Waals surface area contributed by atoms with Crippen molar-refractivity contribution in [1.29, 1.82) is 0 Å². The van der Waals surface area contributed by atoms with Crippen LogP contribution in [0.25, 0.3) is 0 Å². The summed E-state index contributed by atoms with van der Waals surface area (Å²) in [6.45, 7) is 1.94. The van der Waals surface area contributed by atoms with Crippen molar-refractivity contribution < 1.29 is 9.53 Å². The van der Waals surface area contributed by atoms with Gasteiger partial charge in [-0.3, -0.25) is 4.79 Å². The van der Waals surface area contributed by atoms with Gasteiger partial charge in [-0.1, -0.05) is 25.1 Å². The van der Waals surface area contributed by atoms with Crippen molar-refractivity contribution in [1.82, 2.24) is 0 Å². The molecule has 0 radical (unpaired) electrons. The molecular weight excluding hydrogens is 178 g/mol. The van der Waals surface area contributed by atoms with Gasteiger partial charge in [-0.15, -0.1) is 0 Å². The monoisotopic (exact) mass is 195 g/mol. The van der Waals surface area contributed by atoms with E-state index in [9.17, 15) is 4.79 Å². The highest BCUT2D eigenvalue weighted by Crippen LogP contribution is 1.95. The zero-order valence-corrected chi connectivity index (χ0v) is 8.69. The number of benzene rings is 1. The Balaban J connectivity index is 0.000000241. The fourth-order valence-electron chi connectivity index (χ4n) is 0.759. The van der Waals surface area contributed by atoms with Gasteiger partial charge in [-0.2, -0.15) is 0 Å². The van der Waals surface area contributed by atoms with Crippen LogP contribution < -0.4 is 5.73 Å². The minimum atomic E-state index is -0.123. The zero-order chi connectivity index (χ0) is 10.8. The van der Waals surface area contributed by atoms with Crippen molar-refractivity contribution >= 4 is 11.7 Å². The molecule has 0 fully saturated rings. The summed E-state index contributed by atoms with van der Waals surface area (Å²) >= 11 is 0. The lowest BCUT2D eigenvalue weighted by Gasteiger charge is -1.91. The first-order chi connectivity index (χ1) is 6.70. The summed E-state index contributed by atoms with van der Waals surface area (Å²) in [4.78, 5) is 10.2. The second-order valence-corrected chi connectivity index (χ2v) is 2.74. The van der Waals surface area contributed by atoms with E-state index in [1.54, 1.807) is 0 Å². The maximum atomic E-state index is 10.2. The third-order valence-corrected chi connectivity index (χ3v) is 1.48. The van der Waals surface area contributed by atoms with Crippen molar-refractivity contribution in [3.8, 4) is 0 Å². The fourth-order valence-corrected chi connectivity index (χ4v) is 0.759. The molecule has 14 heavy (non-hydrogen) atoms. The number of carbonyl (C=O) groups is 1. The number of nitrogen functional groups attached to an aromatic ring is 1. The van der Waals surface area contributed by atoms with Crippen LogP contribution in [-0.2, 0) is 9.53 Å². The van der Waals surface area contributed by atoms with Crippen LogP contribution in [0, 0.1) is 0 Å². The van der Waals surface area contributed by atoms with Crippen molar-refractivity contribution in [2.45, 2.75) is 19.8 Å². The second-order valence-electron chi connectivity index (χ2n) is 2.74. The molecule has 0 aliphatic heterocycles. The molecule has 3 heteroatoms. The topological polar surface area (TPSA) is 52.3 Å². The number of esters is 1. The molecule has 3 nitrogen and oxygen atoms in total. The molecule has 2 N–H and O–H groups in total. The smallest absolute Gasteiger partial charge is 0.305 e. The average Bonchev–Trinajstić information content (AvgIpc) is 2.20. The number of hydrogen-bond donors (Lipinski definition) is 1. The molecule has 0 aliphatic carbocycles. The van der Waals surface area contributed by atoms with Crippen LogP contribution in [0.3, 0.4) is 0 Å². The zero-order valence-electron chi connectivity index (χ0n) is 8.69. The lowest BCUT2D eigenvalue weighted by Crippen LogP contribution is -1.97. The molecule has 78 valence electrons. The second kappa shape index (κ2) is 8.10. The Morgan fingerprint density at radius 3 is 2.14 bits per heavy atom.